The van der Waals surface area contributed by atoms with Gasteiger partial charge in [-0.1, -0.05) is 12.1 Å². The summed E-state index contributed by atoms with van der Waals surface area (Å²) in [6, 6.07) is 16.3. The topological polar surface area (TPSA) is 84.9 Å². The van der Waals surface area contributed by atoms with Crippen molar-refractivity contribution in [3.8, 4) is 11.5 Å². The normalized spacial score (nSPS) is 15.7. The van der Waals surface area contributed by atoms with E-state index in [9.17, 15) is 17.6 Å². The number of ether oxygens (including phenoxy) is 2. The Morgan fingerprint density at radius 2 is 1.74 bits per heavy atom. The molecule has 1 saturated heterocycles. The number of amides is 1. The summed E-state index contributed by atoms with van der Waals surface area (Å²) in [5.74, 6) is 0.467. The quantitative estimate of drug-likeness (QED) is 0.529. The molecule has 34 heavy (non-hydrogen) atoms. The summed E-state index contributed by atoms with van der Waals surface area (Å²) in [7, 11) is -0.837. The standard InChI is InChI=1S/C25H25FN2O5S/c1-32-23-13-8-17(16-24(23)33-2)22-7-4-14-28(22)25(29)18-5-3-6-21(15-18)34(30,31)27-20-11-9-19(26)10-12-20/h3,5-6,8-13,15-16,22,27H,4,7,14H2,1-2H3. The van der Waals surface area contributed by atoms with Crippen LogP contribution in [0.15, 0.2) is 71.6 Å². The van der Waals surface area contributed by atoms with E-state index in [4.69, 9.17) is 9.47 Å². The van der Waals surface area contributed by atoms with E-state index in [1.165, 1.54) is 42.5 Å². The molecule has 0 saturated carbocycles. The van der Waals surface area contributed by atoms with E-state index in [1.807, 2.05) is 18.2 Å². The summed E-state index contributed by atoms with van der Waals surface area (Å²) in [5, 5.41) is 0. The number of rotatable bonds is 7. The van der Waals surface area contributed by atoms with Gasteiger partial charge in [0.15, 0.2) is 11.5 Å². The number of hydrogen-bond donors (Lipinski definition) is 1. The molecule has 1 fully saturated rings. The highest BCUT2D eigenvalue weighted by atomic mass is 32.2. The maximum Gasteiger partial charge on any atom is 0.261 e. The molecule has 0 bridgehead atoms. The Labute approximate surface area is 198 Å². The van der Waals surface area contributed by atoms with Gasteiger partial charge >= 0.3 is 0 Å². The number of nitrogens with one attached hydrogen (secondary N) is 1. The van der Waals surface area contributed by atoms with Crippen molar-refractivity contribution in [3.05, 3.63) is 83.7 Å². The van der Waals surface area contributed by atoms with Gasteiger partial charge in [0.1, 0.15) is 5.82 Å². The molecule has 1 heterocycles. The summed E-state index contributed by atoms with van der Waals surface area (Å²) < 4.78 is 51.9. The van der Waals surface area contributed by atoms with Crippen molar-refractivity contribution in [1.82, 2.24) is 4.90 Å². The van der Waals surface area contributed by atoms with Crippen LogP contribution in [0.2, 0.25) is 0 Å². The number of methoxy groups -OCH3 is 2. The molecule has 1 amide bonds. The number of anilines is 1. The second kappa shape index (κ2) is 9.72. The van der Waals surface area contributed by atoms with Gasteiger partial charge in [-0.15, -0.1) is 0 Å². The first-order chi connectivity index (χ1) is 16.3. The van der Waals surface area contributed by atoms with Crippen molar-refractivity contribution < 1.29 is 27.1 Å². The lowest BCUT2D eigenvalue weighted by Crippen LogP contribution is -2.30. The SMILES string of the molecule is COc1ccc(C2CCCN2C(=O)c2cccc(S(=O)(=O)Nc3ccc(F)cc3)c2)cc1OC. The Hall–Kier alpha value is -3.59. The van der Waals surface area contributed by atoms with Crippen LogP contribution in [0.1, 0.15) is 34.8 Å². The van der Waals surface area contributed by atoms with E-state index in [1.54, 1.807) is 25.2 Å². The van der Waals surface area contributed by atoms with Gasteiger partial charge in [-0.3, -0.25) is 9.52 Å². The third-order valence-corrected chi connectivity index (χ3v) is 7.17. The van der Waals surface area contributed by atoms with Crippen molar-refractivity contribution >= 4 is 21.6 Å². The van der Waals surface area contributed by atoms with Gasteiger partial charge in [0, 0.05) is 17.8 Å². The maximum atomic E-state index is 13.4. The second-order valence-electron chi connectivity index (χ2n) is 7.91. The van der Waals surface area contributed by atoms with Crippen LogP contribution in [-0.4, -0.2) is 40.0 Å². The first-order valence-electron chi connectivity index (χ1n) is 10.7. The third-order valence-electron chi connectivity index (χ3n) is 5.79. The van der Waals surface area contributed by atoms with Crippen molar-refractivity contribution in [3.63, 3.8) is 0 Å². The molecular formula is C25H25FN2O5S. The fourth-order valence-corrected chi connectivity index (χ4v) is 5.21. The lowest BCUT2D eigenvalue weighted by Gasteiger charge is -2.26. The lowest BCUT2D eigenvalue weighted by atomic mass is 10.0. The smallest absolute Gasteiger partial charge is 0.261 e. The lowest BCUT2D eigenvalue weighted by molar-refractivity contribution is 0.0735. The highest BCUT2D eigenvalue weighted by Gasteiger charge is 2.31. The summed E-state index contributed by atoms with van der Waals surface area (Å²) in [6.07, 6.45) is 1.61. The molecule has 1 atom stereocenters. The Morgan fingerprint density at radius 3 is 2.44 bits per heavy atom. The van der Waals surface area contributed by atoms with Crippen LogP contribution in [0.3, 0.4) is 0 Å². The molecule has 9 heteroatoms. The van der Waals surface area contributed by atoms with Crippen LogP contribution in [0.5, 0.6) is 11.5 Å². The summed E-state index contributed by atoms with van der Waals surface area (Å²) in [4.78, 5) is 15.1. The van der Waals surface area contributed by atoms with Gasteiger partial charge in [0.25, 0.3) is 15.9 Å². The number of benzene rings is 3. The fourth-order valence-electron chi connectivity index (χ4n) is 4.11. The van der Waals surface area contributed by atoms with Crippen LogP contribution in [0, 0.1) is 5.82 Å². The average Bonchev–Trinajstić information content (AvgIpc) is 3.34. The first-order valence-corrected chi connectivity index (χ1v) is 12.2. The molecule has 0 aromatic heterocycles. The molecule has 178 valence electrons. The number of carbonyl (C=O) groups is 1. The van der Waals surface area contributed by atoms with Crippen LogP contribution in [0.25, 0.3) is 0 Å². The van der Waals surface area contributed by atoms with Crippen LogP contribution < -0.4 is 14.2 Å². The third kappa shape index (κ3) is 4.84. The van der Waals surface area contributed by atoms with Gasteiger partial charge < -0.3 is 14.4 Å². The Morgan fingerprint density at radius 1 is 1.00 bits per heavy atom. The molecule has 4 rings (SSSR count). The van der Waals surface area contributed by atoms with E-state index >= 15 is 0 Å². The minimum atomic E-state index is -3.96. The second-order valence-corrected chi connectivity index (χ2v) is 9.59. The van der Waals surface area contributed by atoms with Crippen LogP contribution in [0.4, 0.5) is 10.1 Å². The average molecular weight is 485 g/mol. The molecule has 0 spiro atoms. The minimum Gasteiger partial charge on any atom is -0.493 e. The number of likely N-dealkylation sites (tertiary alicyclic amines) is 1. The highest BCUT2D eigenvalue weighted by Crippen LogP contribution is 2.37. The minimum absolute atomic E-state index is 0.0514. The van der Waals surface area contributed by atoms with Crippen molar-refractivity contribution in [2.75, 3.05) is 25.5 Å². The van der Waals surface area contributed by atoms with Gasteiger partial charge in [-0.2, -0.15) is 0 Å². The fraction of sp³-hybridized carbons (Fsp3) is 0.240. The Balaban J connectivity index is 1.58. The predicted octanol–water partition coefficient (Wildman–Crippen LogP) is 4.62. The zero-order valence-electron chi connectivity index (χ0n) is 18.8. The van der Waals surface area contributed by atoms with Gasteiger partial charge in [0.05, 0.1) is 25.2 Å². The van der Waals surface area contributed by atoms with Gasteiger partial charge in [0.2, 0.25) is 0 Å². The van der Waals surface area contributed by atoms with Crippen molar-refractivity contribution in [2.24, 2.45) is 0 Å². The predicted molar refractivity (Wildman–Crippen MR) is 126 cm³/mol. The molecule has 3 aromatic rings. The Bertz CT molecular complexity index is 1290. The van der Waals surface area contributed by atoms with Crippen LogP contribution in [-0.2, 0) is 10.0 Å². The molecule has 1 N–H and O–H groups in total. The van der Waals surface area contributed by atoms with Crippen molar-refractivity contribution in [2.45, 2.75) is 23.8 Å². The summed E-state index contributed by atoms with van der Waals surface area (Å²) in [6.45, 7) is 0.558. The number of halogens is 1. The number of hydrogen-bond acceptors (Lipinski definition) is 5. The molecule has 1 unspecified atom stereocenters. The molecule has 1 aliphatic heterocycles. The number of nitrogens with zero attached hydrogens (tertiary/aromatic N) is 1. The summed E-state index contributed by atoms with van der Waals surface area (Å²) in [5.41, 5.74) is 1.42. The van der Waals surface area contributed by atoms with Gasteiger partial charge in [-0.25, -0.2) is 12.8 Å². The molecule has 3 aromatic carbocycles. The molecule has 1 aliphatic rings. The van der Waals surface area contributed by atoms with E-state index in [0.29, 0.717) is 18.0 Å². The van der Waals surface area contributed by atoms with E-state index < -0.39 is 15.8 Å². The molecule has 7 nitrogen and oxygen atoms in total. The maximum absolute atomic E-state index is 13.4. The van der Waals surface area contributed by atoms with E-state index in [2.05, 4.69) is 4.72 Å². The molecule has 0 aliphatic carbocycles. The highest BCUT2D eigenvalue weighted by molar-refractivity contribution is 7.92. The summed E-state index contributed by atoms with van der Waals surface area (Å²) >= 11 is 0. The monoisotopic (exact) mass is 484 g/mol. The van der Waals surface area contributed by atoms with E-state index in [0.717, 1.165) is 18.4 Å². The van der Waals surface area contributed by atoms with Crippen LogP contribution >= 0.6 is 0 Å². The first kappa shape index (κ1) is 23.6. The zero-order chi connectivity index (χ0) is 24.3. The largest absolute Gasteiger partial charge is 0.493 e. The molecule has 0 radical (unpaired) electrons. The van der Waals surface area contributed by atoms with E-state index in [-0.39, 0.29) is 28.1 Å². The molecular weight excluding hydrogens is 459 g/mol. The van der Waals surface area contributed by atoms with Crippen molar-refractivity contribution in [1.29, 1.82) is 0 Å². The Kier molecular flexibility index (Phi) is 6.74. The number of sulfonamides is 1. The zero-order valence-corrected chi connectivity index (χ0v) is 19.6. The number of carbonyl (C=O) groups excluding carboxylic acids is 1. The van der Waals surface area contributed by atoms with Gasteiger partial charge in [-0.05, 0) is 73.0 Å².